The van der Waals surface area contributed by atoms with Crippen LogP contribution in [0.25, 0.3) is 0 Å². The Kier molecular flexibility index (Phi) is 7.82. The van der Waals surface area contributed by atoms with Crippen LogP contribution in [0.3, 0.4) is 0 Å². The lowest BCUT2D eigenvalue weighted by atomic mass is 9.97. The summed E-state index contributed by atoms with van der Waals surface area (Å²) in [5, 5.41) is 0.532. The summed E-state index contributed by atoms with van der Waals surface area (Å²) in [6.07, 6.45) is 3.12. The highest BCUT2D eigenvalue weighted by molar-refractivity contribution is 7.89. The van der Waals surface area contributed by atoms with Crippen molar-refractivity contribution in [2.45, 2.75) is 43.1 Å². The fourth-order valence-corrected chi connectivity index (χ4v) is 6.45. The molecule has 2 aliphatic heterocycles. The van der Waals surface area contributed by atoms with E-state index in [4.69, 9.17) is 21.1 Å². The number of amides is 1. The molecule has 1 unspecified atom stereocenters. The van der Waals surface area contributed by atoms with E-state index in [-0.39, 0.29) is 43.5 Å². The maximum Gasteiger partial charge on any atom is 0.243 e. The smallest absolute Gasteiger partial charge is 0.243 e. The monoisotopic (exact) mass is 506 g/mol. The van der Waals surface area contributed by atoms with Gasteiger partial charge in [0, 0.05) is 31.2 Å². The molecule has 2 fully saturated rings. The van der Waals surface area contributed by atoms with Gasteiger partial charge in [-0.15, -0.1) is 0 Å². The molecule has 1 amide bonds. The second-order valence-electron chi connectivity index (χ2n) is 9.00. The standard InChI is InChI=1S/C25H31ClN2O5S/c1-20-8-3-4-11-23(20)34(30,31)28-14-15-33-25(18-28,17-24(29)27-12-5-2-6-13-27)19-32-22-10-7-9-21(26)16-22/h3-4,7-11,16H,2,5-6,12-15,17-19H2,1H3. The van der Waals surface area contributed by atoms with Gasteiger partial charge in [-0.1, -0.05) is 35.9 Å². The molecule has 1 atom stereocenters. The Morgan fingerprint density at radius 2 is 1.85 bits per heavy atom. The summed E-state index contributed by atoms with van der Waals surface area (Å²) in [4.78, 5) is 15.3. The molecule has 0 saturated carbocycles. The van der Waals surface area contributed by atoms with E-state index < -0.39 is 15.6 Å². The lowest BCUT2D eigenvalue weighted by molar-refractivity contribution is -0.151. The summed E-state index contributed by atoms with van der Waals surface area (Å²) >= 11 is 6.09. The molecular formula is C25H31ClN2O5S. The Labute approximate surface area is 206 Å². The third-order valence-corrected chi connectivity index (χ3v) is 8.65. The molecule has 4 rings (SSSR count). The van der Waals surface area contributed by atoms with Gasteiger partial charge in [-0.05, 0) is 56.0 Å². The van der Waals surface area contributed by atoms with Crippen LogP contribution >= 0.6 is 11.6 Å². The number of morpholine rings is 1. The molecule has 2 aliphatic rings. The molecule has 184 valence electrons. The van der Waals surface area contributed by atoms with Gasteiger partial charge in [-0.3, -0.25) is 4.79 Å². The van der Waals surface area contributed by atoms with Crippen molar-refractivity contribution in [1.29, 1.82) is 0 Å². The van der Waals surface area contributed by atoms with E-state index in [2.05, 4.69) is 0 Å². The zero-order valence-corrected chi connectivity index (χ0v) is 21.0. The van der Waals surface area contributed by atoms with Gasteiger partial charge in [0.2, 0.25) is 15.9 Å². The third-order valence-electron chi connectivity index (χ3n) is 6.40. The fraction of sp³-hybridized carbons (Fsp3) is 0.480. The van der Waals surface area contributed by atoms with Gasteiger partial charge in [-0.25, -0.2) is 8.42 Å². The van der Waals surface area contributed by atoms with E-state index >= 15 is 0 Å². The van der Waals surface area contributed by atoms with Gasteiger partial charge >= 0.3 is 0 Å². The fourth-order valence-electron chi connectivity index (χ4n) is 4.55. The molecule has 0 aliphatic carbocycles. The second kappa shape index (κ2) is 10.6. The molecular weight excluding hydrogens is 476 g/mol. The van der Waals surface area contributed by atoms with Gasteiger partial charge in [-0.2, -0.15) is 4.31 Å². The van der Waals surface area contributed by atoms with Crippen molar-refractivity contribution < 1.29 is 22.7 Å². The highest BCUT2D eigenvalue weighted by Crippen LogP contribution is 2.30. The number of hydrogen-bond acceptors (Lipinski definition) is 5. The maximum atomic E-state index is 13.5. The van der Waals surface area contributed by atoms with E-state index in [1.807, 2.05) is 11.0 Å². The van der Waals surface area contributed by atoms with Crippen LogP contribution in [0.15, 0.2) is 53.4 Å². The van der Waals surface area contributed by atoms with Crippen LogP contribution in [0.5, 0.6) is 5.75 Å². The summed E-state index contributed by atoms with van der Waals surface area (Å²) in [7, 11) is -3.76. The Balaban J connectivity index is 1.59. The Hall–Kier alpha value is -2.13. The van der Waals surface area contributed by atoms with Gasteiger partial charge < -0.3 is 14.4 Å². The highest BCUT2D eigenvalue weighted by atomic mass is 35.5. The Bertz CT molecular complexity index is 1120. The largest absolute Gasteiger partial charge is 0.490 e. The number of likely N-dealkylation sites (tertiary alicyclic amines) is 1. The van der Waals surface area contributed by atoms with E-state index in [0.717, 1.165) is 32.4 Å². The molecule has 7 nitrogen and oxygen atoms in total. The second-order valence-corrected chi connectivity index (χ2v) is 11.3. The molecule has 0 radical (unpaired) electrons. The number of ether oxygens (including phenoxy) is 2. The molecule has 2 aromatic carbocycles. The molecule has 9 heteroatoms. The minimum Gasteiger partial charge on any atom is -0.490 e. The lowest BCUT2D eigenvalue weighted by Gasteiger charge is -2.42. The van der Waals surface area contributed by atoms with E-state index in [9.17, 15) is 13.2 Å². The third kappa shape index (κ3) is 5.74. The maximum absolute atomic E-state index is 13.5. The number of benzene rings is 2. The number of aryl methyl sites for hydroxylation is 1. The average Bonchev–Trinajstić information content (AvgIpc) is 2.84. The van der Waals surface area contributed by atoms with Crippen molar-refractivity contribution in [1.82, 2.24) is 9.21 Å². The molecule has 0 N–H and O–H groups in total. The van der Waals surface area contributed by atoms with E-state index in [1.54, 1.807) is 49.4 Å². The zero-order chi connectivity index (χ0) is 24.2. The summed E-state index contributed by atoms with van der Waals surface area (Å²) in [6.45, 7) is 3.68. The van der Waals surface area contributed by atoms with E-state index in [1.165, 1.54) is 4.31 Å². The number of sulfonamides is 1. The van der Waals surface area contributed by atoms with Crippen LogP contribution in [0, 0.1) is 6.92 Å². The molecule has 2 heterocycles. The first kappa shape index (κ1) is 25.0. The summed E-state index contributed by atoms with van der Waals surface area (Å²) in [5.41, 5.74) is -0.427. The lowest BCUT2D eigenvalue weighted by Crippen LogP contribution is -2.58. The summed E-state index contributed by atoms with van der Waals surface area (Å²) in [5.74, 6) is 0.504. The van der Waals surface area contributed by atoms with Gasteiger partial charge in [0.25, 0.3) is 0 Å². The average molecular weight is 507 g/mol. The Morgan fingerprint density at radius 1 is 1.09 bits per heavy atom. The quantitative estimate of drug-likeness (QED) is 0.569. The van der Waals surface area contributed by atoms with Crippen LogP contribution in [-0.4, -0.2) is 68.5 Å². The zero-order valence-electron chi connectivity index (χ0n) is 19.4. The van der Waals surface area contributed by atoms with Gasteiger partial charge in [0.05, 0.1) is 17.9 Å². The first-order valence-electron chi connectivity index (χ1n) is 11.7. The highest BCUT2D eigenvalue weighted by Gasteiger charge is 2.44. The number of hydrogen-bond donors (Lipinski definition) is 0. The normalized spacial score (nSPS) is 21.9. The van der Waals surface area contributed by atoms with Crippen molar-refractivity contribution in [2.75, 3.05) is 39.4 Å². The summed E-state index contributed by atoms with van der Waals surface area (Å²) < 4.78 is 40.6. The number of halogens is 1. The molecule has 0 aromatic heterocycles. The van der Waals surface area contributed by atoms with Gasteiger partial charge in [0.15, 0.2) is 0 Å². The summed E-state index contributed by atoms with van der Waals surface area (Å²) in [6, 6.07) is 13.9. The van der Waals surface area contributed by atoms with Crippen molar-refractivity contribution >= 4 is 27.5 Å². The SMILES string of the molecule is Cc1ccccc1S(=O)(=O)N1CCOC(COc2cccc(Cl)c2)(CC(=O)N2CCCCC2)C1. The van der Waals surface area contributed by atoms with Crippen LogP contribution in [0.2, 0.25) is 5.02 Å². The first-order valence-corrected chi connectivity index (χ1v) is 13.5. The van der Waals surface area contributed by atoms with E-state index in [0.29, 0.717) is 16.3 Å². The minimum atomic E-state index is -3.76. The number of rotatable bonds is 7. The van der Waals surface area contributed by atoms with Crippen molar-refractivity contribution in [2.24, 2.45) is 0 Å². The molecule has 2 saturated heterocycles. The topological polar surface area (TPSA) is 76.1 Å². The van der Waals surface area contributed by atoms with Gasteiger partial charge in [0.1, 0.15) is 18.0 Å². The van der Waals surface area contributed by atoms with Crippen LogP contribution in [0.1, 0.15) is 31.2 Å². The molecule has 0 spiro atoms. The number of carbonyl (C=O) groups is 1. The van der Waals surface area contributed by atoms with Crippen LogP contribution in [-0.2, 0) is 19.6 Å². The van der Waals surface area contributed by atoms with Crippen molar-refractivity contribution in [3.8, 4) is 5.75 Å². The van der Waals surface area contributed by atoms with Crippen LogP contribution in [0.4, 0.5) is 0 Å². The number of piperidine rings is 1. The van der Waals surface area contributed by atoms with Crippen molar-refractivity contribution in [3.05, 3.63) is 59.1 Å². The van der Waals surface area contributed by atoms with Crippen LogP contribution < -0.4 is 4.74 Å². The van der Waals surface area contributed by atoms with Crippen molar-refractivity contribution in [3.63, 3.8) is 0 Å². The predicted molar refractivity (Wildman–Crippen MR) is 131 cm³/mol. The molecule has 34 heavy (non-hydrogen) atoms. The minimum absolute atomic E-state index is 0.0316. The Morgan fingerprint density at radius 3 is 2.59 bits per heavy atom. The predicted octanol–water partition coefficient (Wildman–Crippen LogP) is 3.89. The number of nitrogens with zero attached hydrogens (tertiary/aromatic N) is 2. The molecule has 0 bridgehead atoms. The first-order chi connectivity index (χ1) is 16.3. The number of carbonyl (C=O) groups excluding carboxylic acids is 1. The molecule has 2 aromatic rings.